The summed E-state index contributed by atoms with van der Waals surface area (Å²) in [4.78, 5) is 5.32. The number of likely N-dealkylation sites (tertiary alicyclic amines) is 1. The summed E-state index contributed by atoms with van der Waals surface area (Å²) in [6.45, 7) is 7.87. The fourth-order valence-corrected chi connectivity index (χ4v) is 4.61. The average Bonchev–Trinajstić information content (AvgIpc) is 2.70. The van der Waals surface area contributed by atoms with E-state index >= 15 is 0 Å². The van der Waals surface area contributed by atoms with Gasteiger partial charge in [0.2, 0.25) is 0 Å². The molecule has 2 heterocycles. The van der Waals surface area contributed by atoms with Crippen molar-refractivity contribution in [3.8, 4) is 0 Å². The van der Waals surface area contributed by atoms with E-state index in [-0.39, 0.29) is 0 Å². The van der Waals surface area contributed by atoms with Gasteiger partial charge in [0.1, 0.15) is 0 Å². The van der Waals surface area contributed by atoms with Crippen LogP contribution in [0.2, 0.25) is 5.02 Å². The summed E-state index contributed by atoms with van der Waals surface area (Å²) in [5.74, 6) is 0.544. The number of benzene rings is 2. The van der Waals surface area contributed by atoms with Crippen LogP contribution >= 0.6 is 11.6 Å². The molecule has 3 nitrogen and oxygen atoms in total. The zero-order valence-corrected chi connectivity index (χ0v) is 16.0. The van der Waals surface area contributed by atoms with E-state index in [4.69, 9.17) is 11.6 Å². The maximum Gasteiger partial charge on any atom is 0.0406 e. The third kappa shape index (κ3) is 4.29. The molecule has 4 rings (SSSR count). The number of hydrogen-bond acceptors (Lipinski definition) is 3. The van der Waals surface area contributed by atoms with E-state index in [0.717, 1.165) is 44.3 Å². The van der Waals surface area contributed by atoms with Crippen LogP contribution in [-0.2, 0) is 6.54 Å². The molecular weight excluding hydrogens is 342 g/mol. The maximum atomic E-state index is 6.14. The number of hydrogen-bond donors (Lipinski definition) is 1. The summed E-state index contributed by atoms with van der Waals surface area (Å²) in [6, 6.07) is 20.0. The van der Waals surface area contributed by atoms with Crippen LogP contribution in [0.25, 0.3) is 0 Å². The highest BCUT2D eigenvalue weighted by Gasteiger charge is 2.34. The van der Waals surface area contributed by atoms with Crippen molar-refractivity contribution in [2.24, 2.45) is 0 Å². The SMILES string of the molecule is Clc1ccc([C@@H]2CN(Cc3ccccc3)CC[C@@H]2N2CCNCC2)cc1. The first-order valence-corrected chi connectivity index (χ1v) is 10.1. The lowest BCUT2D eigenvalue weighted by Crippen LogP contribution is -2.55. The van der Waals surface area contributed by atoms with E-state index in [1.165, 1.54) is 24.1 Å². The third-order valence-electron chi connectivity index (χ3n) is 5.83. The molecule has 26 heavy (non-hydrogen) atoms. The zero-order valence-electron chi connectivity index (χ0n) is 15.3. The number of piperidine rings is 1. The smallest absolute Gasteiger partial charge is 0.0406 e. The van der Waals surface area contributed by atoms with Crippen molar-refractivity contribution >= 4 is 11.6 Å². The molecule has 0 amide bonds. The minimum absolute atomic E-state index is 0.544. The summed E-state index contributed by atoms with van der Waals surface area (Å²) in [5.41, 5.74) is 2.83. The molecule has 2 atom stereocenters. The average molecular weight is 370 g/mol. The van der Waals surface area contributed by atoms with Gasteiger partial charge in [-0.1, -0.05) is 54.1 Å². The Labute approximate surface area is 161 Å². The Morgan fingerprint density at radius 3 is 2.38 bits per heavy atom. The van der Waals surface area contributed by atoms with E-state index in [2.05, 4.69) is 57.6 Å². The first-order chi connectivity index (χ1) is 12.8. The van der Waals surface area contributed by atoms with E-state index in [1.54, 1.807) is 0 Å². The van der Waals surface area contributed by atoms with Gasteiger partial charge < -0.3 is 5.32 Å². The molecule has 0 aromatic heterocycles. The standard InChI is InChI=1S/C22H28ClN3/c23-20-8-6-19(7-9-20)21-17-25(16-18-4-2-1-3-5-18)13-10-22(21)26-14-11-24-12-15-26/h1-9,21-22,24H,10-17H2/t21-,22-/m0/s1. The molecule has 2 aromatic rings. The van der Waals surface area contributed by atoms with Crippen LogP contribution in [0.4, 0.5) is 0 Å². The summed E-state index contributed by atoms with van der Waals surface area (Å²) >= 11 is 6.14. The summed E-state index contributed by atoms with van der Waals surface area (Å²) in [7, 11) is 0. The first kappa shape index (κ1) is 18.0. The molecule has 138 valence electrons. The molecular formula is C22H28ClN3. The van der Waals surface area contributed by atoms with Crippen molar-refractivity contribution in [1.29, 1.82) is 0 Å². The van der Waals surface area contributed by atoms with Crippen molar-refractivity contribution in [3.05, 3.63) is 70.7 Å². The molecule has 2 saturated heterocycles. The summed E-state index contributed by atoms with van der Waals surface area (Å²) in [6.07, 6.45) is 1.24. The van der Waals surface area contributed by atoms with Crippen LogP contribution in [0.1, 0.15) is 23.5 Å². The number of nitrogens with one attached hydrogen (secondary N) is 1. The Bertz CT molecular complexity index is 682. The van der Waals surface area contributed by atoms with Crippen molar-refractivity contribution in [2.75, 3.05) is 39.3 Å². The van der Waals surface area contributed by atoms with Crippen LogP contribution in [0.5, 0.6) is 0 Å². The quantitative estimate of drug-likeness (QED) is 0.888. The summed E-state index contributed by atoms with van der Waals surface area (Å²) < 4.78 is 0. The van der Waals surface area contributed by atoms with Crippen LogP contribution < -0.4 is 5.32 Å². The highest BCUT2D eigenvalue weighted by molar-refractivity contribution is 6.30. The van der Waals surface area contributed by atoms with Gasteiger partial charge in [0, 0.05) is 62.8 Å². The van der Waals surface area contributed by atoms with Gasteiger partial charge in [-0.15, -0.1) is 0 Å². The van der Waals surface area contributed by atoms with Gasteiger partial charge >= 0.3 is 0 Å². The molecule has 4 heteroatoms. The monoisotopic (exact) mass is 369 g/mol. The van der Waals surface area contributed by atoms with Crippen LogP contribution in [0, 0.1) is 0 Å². The minimum atomic E-state index is 0.544. The van der Waals surface area contributed by atoms with Gasteiger partial charge in [0.15, 0.2) is 0 Å². The fraction of sp³-hybridized carbons (Fsp3) is 0.455. The zero-order chi connectivity index (χ0) is 17.8. The molecule has 1 N–H and O–H groups in total. The van der Waals surface area contributed by atoms with Gasteiger partial charge in [-0.3, -0.25) is 9.80 Å². The molecule has 2 aliphatic heterocycles. The van der Waals surface area contributed by atoms with Crippen LogP contribution in [-0.4, -0.2) is 55.1 Å². The van der Waals surface area contributed by atoms with E-state index in [1.807, 2.05) is 12.1 Å². The normalized spacial score (nSPS) is 25.3. The second-order valence-electron chi connectivity index (χ2n) is 7.52. The molecule has 0 radical (unpaired) electrons. The number of rotatable bonds is 4. The molecule has 2 fully saturated rings. The predicted octanol–water partition coefficient (Wildman–Crippen LogP) is 3.60. The first-order valence-electron chi connectivity index (χ1n) is 9.76. The van der Waals surface area contributed by atoms with Crippen LogP contribution in [0.3, 0.4) is 0 Å². The van der Waals surface area contributed by atoms with Crippen molar-refractivity contribution in [1.82, 2.24) is 15.1 Å². The topological polar surface area (TPSA) is 18.5 Å². The van der Waals surface area contributed by atoms with Crippen LogP contribution in [0.15, 0.2) is 54.6 Å². The largest absolute Gasteiger partial charge is 0.314 e. The van der Waals surface area contributed by atoms with E-state index < -0.39 is 0 Å². The Morgan fingerprint density at radius 1 is 0.923 bits per heavy atom. The van der Waals surface area contributed by atoms with Gasteiger partial charge in [-0.2, -0.15) is 0 Å². The minimum Gasteiger partial charge on any atom is -0.314 e. The lowest BCUT2D eigenvalue weighted by molar-refractivity contribution is 0.0752. The molecule has 0 saturated carbocycles. The molecule has 0 unspecified atom stereocenters. The van der Waals surface area contributed by atoms with E-state index in [0.29, 0.717) is 12.0 Å². The lowest BCUT2D eigenvalue weighted by Gasteiger charge is -2.45. The van der Waals surface area contributed by atoms with Crippen molar-refractivity contribution in [3.63, 3.8) is 0 Å². The number of nitrogens with zero attached hydrogens (tertiary/aromatic N) is 2. The highest BCUT2D eigenvalue weighted by atomic mass is 35.5. The molecule has 0 aliphatic carbocycles. The highest BCUT2D eigenvalue weighted by Crippen LogP contribution is 2.32. The Hall–Kier alpha value is -1.39. The van der Waals surface area contributed by atoms with Gasteiger partial charge in [-0.05, 0) is 29.7 Å². The Kier molecular flexibility index (Phi) is 5.91. The fourth-order valence-electron chi connectivity index (χ4n) is 4.48. The molecule has 0 bridgehead atoms. The van der Waals surface area contributed by atoms with Gasteiger partial charge in [0.25, 0.3) is 0 Å². The Morgan fingerprint density at radius 2 is 1.65 bits per heavy atom. The predicted molar refractivity (Wildman–Crippen MR) is 109 cm³/mol. The third-order valence-corrected chi connectivity index (χ3v) is 6.08. The molecule has 0 spiro atoms. The number of piperazine rings is 1. The number of halogens is 1. The lowest BCUT2D eigenvalue weighted by atomic mass is 9.84. The second-order valence-corrected chi connectivity index (χ2v) is 7.96. The Balaban J connectivity index is 1.53. The maximum absolute atomic E-state index is 6.14. The van der Waals surface area contributed by atoms with Gasteiger partial charge in [-0.25, -0.2) is 0 Å². The second kappa shape index (κ2) is 8.53. The summed E-state index contributed by atoms with van der Waals surface area (Å²) in [5, 5.41) is 4.31. The van der Waals surface area contributed by atoms with Crippen molar-refractivity contribution in [2.45, 2.75) is 24.9 Å². The van der Waals surface area contributed by atoms with E-state index in [9.17, 15) is 0 Å². The van der Waals surface area contributed by atoms with Crippen molar-refractivity contribution < 1.29 is 0 Å². The van der Waals surface area contributed by atoms with Gasteiger partial charge in [0.05, 0.1) is 0 Å². The molecule has 2 aromatic carbocycles. The molecule has 2 aliphatic rings.